The van der Waals surface area contributed by atoms with Gasteiger partial charge in [-0.3, -0.25) is 9.59 Å². The maximum Gasteiger partial charge on any atom is 0.319 e. The molecule has 1 aliphatic heterocycles. The van der Waals surface area contributed by atoms with Crippen LogP contribution in [0.25, 0.3) is 0 Å². The van der Waals surface area contributed by atoms with Crippen LogP contribution in [0.4, 0.5) is 0 Å². The third kappa shape index (κ3) is 2.65. The molecule has 1 aromatic rings. The molecule has 5 nitrogen and oxygen atoms in total. The summed E-state index contributed by atoms with van der Waals surface area (Å²) in [5.41, 5.74) is 0.588. The number of Topliss-reactive ketones (excluding diaryl/α,β-unsaturated/α-hetero) is 1. The first-order valence-corrected chi connectivity index (χ1v) is 6.15. The molecule has 1 aromatic carbocycles. The van der Waals surface area contributed by atoms with Gasteiger partial charge >= 0.3 is 5.97 Å². The van der Waals surface area contributed by atoms with Gasteiger partial charge in [-0.25, -0.2) is 0 Å². The van der Waals surface area contributed by atoms with Gasteiger partial charge in [0.2, 0.25) is 5.78 Å². The Morgan fingerprint density at radius 1 is 1.32 bits per heavy atom. The maximum atomic E-state index is 12.3. The van der Waals surface area contributed by atoms with E-state index < -0.39 is 18.0 Å². The van der Waals surface area contributed by atoms with E-state index in [0.29, 0.717) is 5.56 Å². The largest absolute Gasteiger partial charge is 0.465 e. The molecule has 0 unspecified atom stereocenters. The summed E-state index contributed by atoms with van der Waals surface area (Å²) in [7, 11) is 0. The second-order valence-electron chi connectivity index (χ2n) is 4.21. The van der Waals surface area contributed by atoms with E-state index in [0.717, 1.165) is 0 Å². The highest BCUT2D eigenvalue weighted by atomic mass is 16.6. The minimum Gasteiger partial charge on any atom is -0.465 e. The summed E-state index contributed by atoms with van der Waals surface area (Å²) in [6, 6.07) is 8.68. The number of carbonyl (C=O) groups is 2. The van der Waals surface area contributed by atoms with Crippen molar-refractivity contribution in [2.75, 3.05) is 6.61 Å². The number of ether oxygens (including phenoxy) is 1. The monoisotopic (exact) mass is 261 g/mol. The third-order valence-electron chi connectivity index (χ3n) is 2.89. The topological polar surface area (TPSA) is 65.0 Å². The van der Waals surface area contributed by atoms with Crippen LogP contribution in [0.1, 0.15) is 24.2 Å². The van der Waals surface area contributed by atoms with Gasteiger partial charge in [0.15, 0.2) is 0 Å². The summed E-state index contributed by atoms with van der Waals surface area (Å²) in [5, 5.41) is 3.74. The van der Waals surface area contributed by atoms with Crippen molar-refractivity contribution in [3.8, 4) is 0 Å². The fourth-order valence-electron chi connectivity index (χ4n) is 1.94. The highest BCUT2D eigenvalue weighted by Gasteiger charge is 2.41. The Bertz CT molecular complexity index is 509. The van der Waals surface area contributed by atoms with Crippen molar-refractivity contribution in [2.24, 2.45) is 11.1 Å². The molecule has 0 bridgehead atoms. The number of oxime groups is 1. The van der Waals surface area contributed by atoms with E-state index in [2.05, 4.69) is 5.16 Å². The number of rotatable bonds is 4. The van der Waals surface area contributed by atoms with Gasteiger partial charge in [0.1, 0.15) is 17.7 Å². The number of carbonyl (C=O) groups excluding carboxylic acids is 2. The van der Waals surface area contributed by atoms with Gasteiger partial charge in [-0.05, 0) is 13.8 Å². The van der Waals surface area contributed by atoms with Crippen LogP contribution in [-0.2, 0) is 14.4 Å². The normalized spacial score (nSPS) is 21.5. The Morgan fingerprint density at radius 3 is 2.63 bits per heavy atom. The zero-order valence-electron chi connectivity index (χ0n) is 10.8. The molecule has 0 saturated carbocycles. The predicted octanol–water partition coefficient (Wildman–Crippen LogP) is 1.82. The molecule has 0 amide bonds. The molecule has 1 heterocycles. The van der Waals surface area contributed by atoms with Crippen LogP contribution in [0.5, 0.6) is 0 Å². The van der Waals surface area contributed by atoms with Crippen LogP contribution in [0, 0.1) is 5.92 Å². The van der Waals surface area contributed by atoms with E-state index in [4.69, 9.17) is 9.57 Å². The first-order valence-electron chi connectivity index (χ1n) is 6.15. The van der Waals surface area contributed by atoms with Crippen LogP contribution in [0.15, 0.2) is 35.5 Å². The van der Waals surface area contributed by atoms with Crippen molar-refractivity contribution < 1.29 is 19.2 Å². The molecular weight excluding hydrogens is 246 g/mol. The minimum atomic E-state index is -0.757. The lowest BCUT2D eigenvalue weighted by Gasteiger charge is -2.13. The van der Waals surface area contributed by atoms with Crippen LogP contribution >= 0.6 is 0 Å². The molecule has 100 valence electrons. The van der Waals surface area contributed by atoms with E-state index in [9.17, 15) is 9.59 Å². The SMILES string of the molecule is CCOC(=O)[C@@H]1C(C(=O)c2ccccc2)=NO[C@H]1C. The number of hydrogen-bond acceptors (Lipinski definition) is 5. The van der Waals surface area contributed by atoms with Crippen molar-refractivity contribution in [1.29, 1.82) is 0 Å². The summed E-state index contributed by atoms with van der Waals surface area (Å²) in [6.07, 6.45) is -0.485. The highest BCUT2D eigenvalue weighted by Crippen LogP contribution is 2.22. The summed E-state index contributed by atoms with van der Waals surface area (Å²) < 4.78 is 4.96. The van der Waals surface area contributed by atoms with Crippen LogP contribution in [-0.4, -0.2) is 30.2 Å². The second kappa shape index (κ2) is 5.65. The zero-order chi connectivity index (χ0) is 13.8. The Morgan fingerprint density at radius 2 is 2.00 bits per heavy atom. The first-order chi connectivity index (χ1) is 9.15. The maximum absolute atomic E-state index is 12.3. The smallest absolute Gasteiger partial charge is 0.319 e. The standard InChI is InChI=1S/C14H15NO4/c1-3-18-14(17)11-9(2)19-15-12(11)13(16)10-7-5-4-6-8-10/h4-9,11H,3H2,1-2H3/t9-,11-/m0/s1. The van der Waals surface area contributed by atoms with Gasteiger partial charge in [-0.1, -0.05) is 35.5 Å². The Hall–Kier alpha value is -2.17. The average Bonchev–Trinajstić information content (AvgIpc) is 2.81. The summed E-state index contributed by atoms with van der Waals surface area (Å²) in [5.74, 6) is -1.54. The van der Waals surface area contributed by atoms with Gasteiger partial charge in [0.05, 0.1) is 6.61 Å². The molecule has 1 aliphatic rings. The molecule has 0 radical (unpaired) electrons. The van der Waals surface area contributed by atoms with Crippen molar-refractivity contribution in [3.05, 3.63) is 35.9 Å². The number of benzene rings is 1. The lowest BCUT2D eigenvalue weighted by molar-refractivity contribution is -0.148. The molecule has 19 heavy (non-hydrogen) atoms. The highest BCUT2D eigenvalue weighted by molar-refractivity contribution is 6.49. The van der Waals surface area contributed by atoms with Crippen LogP contribution in [0.2, 0.25) is 0 Å². The molecule has 0 aromatic heterocycles. The average molecular weight is 261 g/mol. The molecule has 0 spiro atoms. The fraction of sp³-hybridized carbons (Fsp3) is 0.357. The third-order valence-corrected chi connectivity index (χ3v) is 2.89. The number of hydrogen-bond donors (Lipinski definition) is 0. The Balaban J connectivity index is 2.24. The van der Waals surface area contributed by atoms with Gasteiger partial charge in [0.25, 0.3) is 0 Å². The lowest BCUT2D eigenvalue weighted by atomic mass is 9.92. The fourth-order valence-corrected chi connectivity index (χ4v) is 1.94. The molecule has 2 atom stereocenters. The second-order valence-corrected chi connectivity index (χ2v) is 4.21. The van der Waals surface area contributed by atoms with E-state index in [1.54, 1.807) is 38.1 Å². The zero-order valence-corrected chi connectivity index (χ0v) is 10.8. The van der Waals surface area contributed by atoms with Crippen molar-refractivity contribution in [1.82, 2.24) is 0 Å². The van der Waals surface area contributed by atoms with Gasteiger partial charge < -0.3 is 9.57 Å². The van der Waals surface area contributed by atoms with E-state index >= 15 is 0 Å². The molecule has 5 heteroatoms. The van der Waals surface area contributed by atoms with Gasteiger partial charge in [-0.15, -0.1) is 0 Å². The van der Waals surface area contributed by atoms with Crippen molar-refractivity contribution in [2.45, 2.75) is 20.0 Å². The van der Waals surface area contributed by atoms with Crippen molar-refractivity contribution in [3.63, 3.8) is 0 Å². The number of esters is 1. The van der Waals surface area contributed by atoms with Crippen LogP contribution in [0.3, 0.4) is 0 Å². The number of ketones is 1. The minimum absolute atomic E-state index is 0.108. The number of nitrogens with zero attached hydrogens (tertiary/aromatic N) is 1. The van der Waals surface area contributed by atoms with E-state index in [-0.39, 0.29) is 18.1 Å². The van der Waals surface area contributed by atoms with Crippen molar-refractivity contribution >= 4 is 17.5 Å². The predicted molar refractivity (Wildman–Crippen MR) is 68.9 cm³/mol. The van der Waals surface area contributed by atoms with Gasteiger partial charge in [-0.2, -0.15) is 0 Å². The molecular formula is C14H15NO4. The first kappa shape index (κ1) is 13.3. The Labute approximate surface area is 111 Å². The quantitative estimate of drug-likeness (QED) is 0.612. The van der Waals surface area contributed by atoms with Gasteiger partial charge in [0, 0.05) is 5.56 Å². The molecule has 0 saturated heterocycles. The lowest BCUT2D eigenvalue weighted by Crippen LogP contribution is -2.35. The summed E-state index contributed by atoms with van der Waals surface area (Å²) in [6.45, 7) is 3.67. The Kier molecular flexibility index (Phi) is 3.94. The molecule has 0 aliphatic carbocycles. The van der Waals surface area contributed by atoms with E-state index in [1.807, 2.05) is 6.07 Å². The van der Waals surface area contributed by atoms with E-state index in [1.165, 1.54) is 0 Å². The van der Waals surface area contributed by atoms with Crippen LogP contribution < -0.4 is 0 Å². The molecule has 2 rings (SSSR count). The summed E-state index contributed by atoms with van der Waals surface area (Å²) in [4.78, 5) is 29.2. The molecule has 0 N–H and O–H groups in total. The molecule has 0 fully saturated rings. The summed E-state index contributed by atoms with van der Waals surface area (Å²) >= 11 is 0.